The van der Waals surface area contributed by atoms with Crippen molar-refractivity contribution in [1.82, 2.24) is 0 Å². The largest absolute Gasteiger partial charge is 0.466 e. The number of benzene rings is 2. The molecule has 0 saturated carbocycles. The van der Waals surface area contributed by atoms with Gasteiger partial charge in [0.25, 0.3) is 0 Å². The Labute approximate surface area is 112 Å². The van der Waals surface area contributed by atoms with Gasteiger partial charge in [-0.25, -0.2) is 4.57 Å². The molecule has 0 unspecified atom stereocenters. The van der Waals surface area contributed by atoms with Gasteiger partial charge in [-0.3, -0.25) is 0 Å². The van der Waals surface area contributed by atoms with Crippen LogP contribution in [0.2, 0.25) is 0 Å². The number of hydrogen-bond donors (Lipinski definition) is 3. The highest BCUT2D eigenvalue weighted by Gasteiger charge is 2.05. The molecule has 0 amide bonds. The fourth-order valence-corrected chi connectivity index (χ4v) is 1.68. The van der Waals surface area contributed by atoms with Crippen molar-refractivity contribution >= 4 is 7.82 Å². The molecule has 4 nitrogen and oxygen atoms in total. The second kappa shape index (κ2) is 7.22. The highest BCUT2D eigenvalue weighted by Crippen LogP contribution is 2.25. The summed E-state index contributed by atoms with van der Waals surface area (Å²) in [6.07, 6.45) is 0. The van der Waals surface area contributed by atoms with Gasteiger partial charge in [-0.2, -0.15) is 0 Å². The van der Waals surface area contributed by atoms with Crippen LogP contribution in [0.3, 0.4) is 0 Å². The lowest BCUT2D eigenvalue weighted by atomic mass is 9.93. The average Bonchev–Trinajstić information content (AvgIpc) is 2.38. The molecule has 19 heavy (non-hydrogen) atoms. The van der Waals surface area contributed by atoms with Crippen LogP contribution in [0.1, 0.15) is 24.0 Å². The van der Waals surface area contributed by atoms with Crippen molar-refractivity contribution in [3.8, 4) is 0 Å². The second-order valence-corrected chi connectivity index (χ2v) is 5.08. The number of rotatable bonds is 2. The van der Waals surface area contributed by atoms with Crippen molar-refractivity contribution in [2.45, 2.75) is 12.8 Å². The number of hydrogen-bond acceptors (Lipinski definition) is 1. The van der Waals surface area contributed by atoms with Crippen molar-refractivity contribution in [1.29, 1.82) is 0 Å². The molecule has 2 rings (SSSR count). The van der Waals surface area contributed by atoms with E-state index < -0.39 is 7.82 Å². The van der Waals surface area contributed by atoms with Gasteiger partial charge in [0.2, 0.25) is 0 Å². The first kappa shape index (κ1) is 15.6. The zero-order valence-corrected chi connectivity index (χ0v) is 11.4. The van der Waals surface area contributed by atoms with E-state index in [4.69, 9.17) is 19.2 Å². The fourth-order valence-electron chi connectivity index (χ4n) is 1.68. The predicted octanol–water partition coefficient (Wildman–Crippen LogP) is 2.91. The van der Waals surface area contributed by atoms with Crippen LogP contribution in [0.4, 0.5) is 0 Å². The minimum Gasteiger partial charge on any atom is -0.303 e. The lowest BCUT2D eigenvalue weighted by Gasteiger charge is -2.11. The van der Waals surface area contributed by atoms with Crippen LogP contribution in [0.15, 0.2) is 60.7 Å². The first-order valence-electron chi connectivity index (χ1n) is 5.76. The Morgan fingerprint density at radius 1 is 0.789 bits per heavy atom. The summed E-state index contributed by atoms with van der Waals surface area (Å²) >= 11 is 0. The van der Waals surface area contributed by atoms with Crippen LogP contribution >= 0.6 is 7.82 Å². The standard InChI is InChI=1S/C14H14.H3O4P/c1-12(13-8-4-2-5-9-13)14-10-6-3-7-11-14;1-5(2,3)4/h2-12H,1H3;(H3,1,2,3,4). The Kier molecular flexibility index (Phi) is 5.93. The Hall–Kier alpha value is -1.45. The van der Waals surface area contributed by atoms with Crippen molar-refractivity contribution < 1.29 is 19.2 Å². The van der Waals surface area contributed by atoms with Crippen LogP contribution < -0.4 is 0 Å². The van der Waals surface area contributed by atoms with Crippen LogP contribution in [0, 0.1) is 0 Å². The molecule has 0 bridgehead atoms. The number of phosphoric acid groups is 1. The molecule has 0 heterocycles. The van der Waals surface area contributed by atoms with Crippen molar-refractivity contribution in [3.05, 3.63) is 71.8 Å². The van der Waals surface area contributed by atoms with E-state index in [1.165, 1.54) is 11.1 Å². The first-order valence-corrected chi connectivity index (χ1v) is 7.32. The van der Waals surface area contributed by atoms with Gasteiger partial charge in [0, 0.05) is 5.92 Å². The topological polar surface area (TPSA) is 77.8 Å². The molecule has 102 valence electrons. The normalized spacial score (nSPS) is 10.8. The van der Waals surface area contributed by atoms with E-state index in [1.54, 1.807) is 0 Å². The smallest absolute Gasteiger partial charge is 0.303 e. The van der Waals surface area contributed by atoms with Crippen molar-refractivity contribution in [3.63, 3.8) is 0 Å². The third-order valence-electron chi connectivity index (χ3n) is 2.60. The Balaban J connectivity index is 0.000000312. The van der Waals surface area contributed by atoms with E-state index in [0.717, 1.165) is 0 Å². The second-order valence-electron chi connectivity index (χ2n) is 4.06. The van der Waals surface area contributed by atoms with Crippen LogP contribution in [0.25, 0.3) is 0 Å². The average molecular weight is 280 g/mol. The van der Waals surface area contributed by atoms with Gasteiger partial charge in [0.15, 0.2) is 0 Å². The van der Waals surface area contributed by atoms with Crippen molar-refractivity contribution in [2.75, 3.05) is 0 Å². The third kappa shape index (κ3) is 6.89. The zero-order chi connectivity index (χ0) is 14.3. The summed E-state index contributed by atoms with van der Waals surface area (Å²) < 4.78 is 8.88. The summed E-state index contributed by atoms with van der Waals surface area (Å²) in [7, 11) is -4.64. The van der Waals surface area contributed by atoms with E-state index in [-0.39, 0.29) is 0 Å². The van der Waals surface area contributed by atoms with Crippen molar-refractivity contribution in [2.24, 2.45) is 0 Å². The van der Waals surface area contributed by atoms with E-state index in [0.29, 0.717) is 5.92 Å². The minimum atomic E-state index is -4.64. The summed E-state index contributed by atoms with van der Waals surface area (Å²) in [4.78, 5) is 21.6. The Morgan fingerprint density at radius 3 is 1.32 bits per heavy atom. The summed E-state index contributed by atoms with van der Waals surface area (Å²) in [6, 6.07) is 21.2. The molecule has 5 heteroatoms. The monoisotopic (exact) mass is 280 g/mol. The molecule has 0 spiro atoms. The molecule has 2 aromatic rings. The van der Waals surface area contributed by atoms with E-state index >= 15 is 0 Å². The summed E-state index contributed by atoms with van der Waals surface area (Å²) in [5.41, 5.74) is 2.75. The maximum atomic E-state index is 8.88. The van der Waals surface area contributed by atoms with Crippen LogP contribution in [0.5, 0.6) is 0 Å². The quantitative estimate of drug-likeness (QED) is 0.739. The maximum absolute atomic E-state index is 8.88. The Bertz CT molecular complexity index is 474. The molecule has 0 aliphatic heterocycles. The molecule has 0 aliphatic rings. The van der Waals surface area contributed by atoms with Gasteiger partial charge in [-0.15, -0.1) is 0 Å². The predicted molar refractivity (Wildman–Crippen MR) is 74.7 cm³/mol. The molecule has 0 aromatic heterocycles. The molecule has 2 aromatic carbocycles. The molecular weight excluding hydrogens is 263 g/mol. The highest BCUT2D eigenvalue weighted by atomic mass is 31.2. The summed E-state index contributed by atoms with van der Waals surface area (Å²) in [5.74, 6) is 0.484. The Morgan fingerprint density at radius 2 is 1.05 bits per heavy atom. The lowest BCUT2D eigenvalue weighted by molar-refractivity contribution is 0.275. The van der Waals surface area contributed by atoms with E-state index in [9.17, 15) is 0 Å². The summed E-state index contributed by atoms with van der Waals surface area (Å²) in [6.45, 7) is 2.24. The molecule has 0 atom stereocenters. The fraction of sp³-hybridized carbons (Fsp3) is 0.143. The van der Waals surface area contributed by atoms with Gasteiger partial charge in [0.05, 0.1) is 0 Å². The van der Waals surface area contributed by atoms with Gasteiger partial charge in [-0.05, 0) is 11.1 Å². The SMILES string of the molecule is CC(c1ccccc1)c1ccccc1.O=P(O)(O)O. The molecule has 0 saturated heterocycles. The van der Waals surface area contributed by atoms with Crippen LogP contribution in [-0.4, -0.2) is 14.7 Å². The third-order valence-corrected chi connectivity index (χ3v) is 2.60. The molecule has 0 aliphatic carbocycles. The molecule has 0 fully saturated rings. The van der Waals surface area contributed by atoms with E-state index in [1.807, 2.05) is 0 Å². The molecule has 3 N–H and O–H groups in total. The van der Waals surface area contributed by atoms with Gasteiger partial charge < -0.3 is 14.7 Å². The molecule has 0 radical (unpaired) electrons. The zero-order valence-electron chi connectivity index (χ0n) is 10.5. The summed E-state index contributed by atoms with van der Waals surface area (Å²) in [5, 5.41) is 0. The van der Waals surface area contributed by atoms with E-state index in [2.05, 4.69) is 67.6 Å². The first-order chi connectivity index (χ1) is 8.88. The van der Waals surface area contributed by atoms with Gasteiger partial charge in [-0.1, -0.05) is 67.6 Å². The molecular formula is C14H17O4P. The van der Waals surface area contributed by atoms with Crippen LogP contribution in [-0.2, 0) is 4.57 Å². The maximum Gasteiger partial charge on any atom is 0.466 e. The lowest BCUT2D eigenvalue weighted by Crippen LogP contribution is -1.94. The minimum absolute atomic E-state index is 0.484. The van der Waals surface area contributed by atoms with Gasteiger partial charge >= 0.3 is 7.82 Å². The van der Waals surface area contributed by atoms with Gasteiger partial charge in [0.1, 0.15) is 0 Å². The highest BCUT2D eigenvalue weighted by molar-refractivity contribution is 7.45.